The quantitative estimate of drug-likeness (QED) is 0.0183. The number of hydrogen-bond acceptors (Lipinski definition) is 25. The Kier molecular flexibility index (Phi) is 37.8. The summed E-state index contributed by atoms with van der Waals surface area (Å²) in [6, 6.07) is 3.12. The summed E-state index contributed by atoms with van der Waals surface area (Å²) in [6.07, 6.45) is -4.38. The van der Waals surface area contributed by atoms with Crippen molar-refractivity contribution in [3.8, 4) is 23.0 Å². The molecule has 12 atom stereocenters. The Hall–Kier alpha value is -12.3. The number of rotatable bonds is 47. The lowest BCUT2D eigenvalue weighted by molar-refractivity contribution is -0.141. The normalized spacial score (nSPS) is 15.1. The lowest BCUT2D eigenvalue weighted by Crippen LogP contribution is -2.61. The molecule has 624 valence electrons. The summed E-state index contributed by atoms with van der Waals surface area (Å²) in [6.45, 7) is 2.77. The zero-order valence-corrected chi connectivity index (χ0v) is 64.3. The van der Waals surface area contributed by atoms with E-state index in [2.05, 4.69) is 87.1 Å². The predicted molar refractivity (Wildman–Crippen MR) is 412 cm³/mol. The largest absolute Gasteiger partial charge is 0.508 e. The second-order valence-corrected chi connectivity index (χ2v) is 28.5. The molecule has 1 fully saturated rings. The van der Waals surface area contributed by atoms with Crippen molar-refractivity contribution in [2.45, 2.75) is 151 Å². The molecule has 1 aliphatic heterocycles. The lowest BCUT2D eigenvalue weighted by Gasteiger charge is -2.28. The Bertz CT molecular complexity index is 4100. The molecular weight excluding hydrogens is 1550 g/mol. The zero-order chi connectivity index (χ0) is 85.2. The molecule has 4 aromatic carbocycles. The Balaban J connectivity index is 1.51. The van der Waals surface area contributed by atoms with Crippen LogP contribution in [0.5, 0.6) is 23.0 Å². The van der Waals surface area contributed by atoms with Crippen LogP contribution >= 0.6 is 24.4 Å². The second-order valence-electron chi connectivity index (χ2n) is 27.1. The molecule has 0 aliphatic carbocycles. The van der Waals surface area contributed by atoms with Gasteiger partial charge < -0.3 is 122 Å². The van der Waals surface area contributed by atoms with Gasteiger partial charge in [0.1, 0.15) is 83.4 Å². The number of phenolic OH excluding ortho intramolecular Hbond substituents is 4. The van der Waals surface area contributed by atoms with Gasteiger partial charge in [0.05, 0.1) is 50.4 Å². The molecule has 0 saturated carbocycles. The van der Waals surface area contributed by atoms with Crippen molar-refractivity contribution in [1.82, 2.24) is 74.4 Å². The molecule has 1 saturated heterocycles. The van der Waals surface area contributed by atoms with Gasteiger partial charge in [-0.2, -0.15) is 12.6 Å². The summed E-state index contributed by atoms with van der Waals surface area (Å²) < 4.78 is 0. The molecule has 1 aliphatic rings. The number of thioether (sulfide) groups is 1. The van der Waals surface area contributed by atoms with Crippen LogP contribution in [-0.2, 0) is 107 Å². The Labute approximate surface area is 667 Å². The number of aliphatic hydroxyl groups excluding tert-OH is 1. The van der Waals surface area contributed by atoms with Crippen LogP contribution in [0, 0.1) is 5.92 Å². The van der Waals surface area contributed by atoms with Gasteiger partial charge in [0.15, 0.2) is 0 Å². The van der Waals surface area contributed by atoms with Gasteiger partial charge in [0.25, 0.3) is 0 Å². The first-order chi connectivity index (χ1) is 54.4. The predicted octanol–water partition coefficient (Wildman–Crippen LogP) is -6.26. The van der Waals surface area contributed by atoms with Gasteiger partial charge in [0, 0.05) is 37.2 Å². The van der Waals surface area contributed by atoms with Crippen molar-refractivity contribution in [3.63, 3.8) is 0 Å². The number of phenols is 4. The van der Waals surface area contributed by atoms with Gasteiger partial charge in [-0.3, -0.25) is 81.5 Å². The number of aromatic hydroxyl groups is 4. The van der Waals surface area contributed by atoms with Gasteiger partial charge in [-0.15, -0.1) is 11.8 Å². The van der Waals surface area contributed by atoms with Crippen molar-refractivity contribution in [3.05, 3.63) is 119 Å². The smallest absolute Gasteiger partial charge is 0.305 e. The molecule has 0 bridgehead atoms. The van der Waals surface area contributed by atoms with Gasteiger partial charge in [-0.05, 0) is 109 Å². The second kappa shape index (κ2) is 46.6. The SMILES string of the molecule is CC(C)CC(NC(=O)C(Cc1ccc(O)cc1)NC(=O)C(CSCC(=O)NC(Cc1ccc(O)cc1)C(=O)NC(CC(=O)O)C(N)=O)NC(=O)C(Cc1ccc(O)cc1)NC(=O)C(CC(=O)O)NC(=O)CNC(=O)C1CCCN1)C(=O)NC(Cc1ccc(O)cc1)C(=O)NCC(=O)NC(C(=O)NC(CS)C(=O)NCC(N)=O)C(C)O. The van der Waals surface area contributed by atoms with E-state index in [1.807, 2.05) is 0 Å². The number of amides is 15. The highest BCUT2D eigenvalue weighted by Gasteiger charge is 2.37. The average molecular weight is 1650 g/mol. The molecule has 42 heteroatoms. The van der Waals surface area contributed by atoms with Crippen molar-refractivity contribution in [2.75, 3.05) is 43.4 Å². The average Bonchev–Trinajstić information content (AvgIpc) is 1.44. The van der Waals surface area contributed by atoms with Gasteiger partial charge >= 0.3 is 11.9 Å². The van der Waals surface area contributed by atoms with Crippen LogP contribution in [0.2, 0.25) is 0 Å². The summed E-state index contributed by atoms with van der Waals surface area (Å²) in [4.78, 5) is 230. The summed E-state index contributed by atoms with van der Waals surface area (Å²) in [5.74, 6) is -21.8. The Morgan fingerprint density at radius 2 is 0.791 bits per heavy atom. The first kappa shape index (κ1) is 93.3. The molecule has 12 unspecified atom stereocenters. The molecule has 15 amide bonds. The molecule has 4 aromatic rings. The maximum absolute atomic E-state index is 15.3. The van der Waals surface area contributed by atoms with Crippen LogP contribution < -0.4 is 85.9 Å². The van der Waals surface area contributed by atoms with E-state index < -0.39 is 236 Å². The van der Waals surface area contributed by atoms with Crippen LogP contribution in [0.3, 0.4) is 0 Å². The topological polar surface area (TPSA) is 652 Å². The minimum absolute atomic E-state index is 0.178. The third kappa shape index (κ3) is 33.5. The van der Waals surface area contributed by atoms with Crippen molar-refractivity contribution in [2.24, 2.45) is 17.4 Å². The highest BCUT2D eigenvalue weighted by molar-refractivity contribution is 8.00. The molecule has 1 heterocycles. The fraction of sp³-hybridized carbons (Fsp3) is 0.438. The third-order valence-electron chi connectivity index (χ3n) is 17.2. The zero-order valence-electron chi connectivity index (χ0n) is 62.6. The van der Waals surface area contributed by atoms with E-state index in [0.29, 0.717) is 42.3 Å². The van der Waals surface area contributed by atoms with Crippen LogP contribution in [0.4, 0.5) is 0 Å². The third-order valence-corrected chi connectivity index (χ3v) is 18.6. The fourth-order valence-corrected chi connectivity index (χ4v) is 12.3. The molecule has 0 radical (unpaired) electrons. The number of thiol groups is 1. The number of carboxylic acid groups (broad SMARTS) is 2. The number of hydrogen-bond donors (Lipinski definition) is 24. The number of aliphatic carboxylic acids is 2. The standard InChI is InChI=1S/C73H96N16O24S2/c1-36(2)23-48(67(107)84-49(24-38-6-14-42(91)15-7-38)65(105)79-32-58(97)89-62(37(3)90)73(113)87-54(33-114)66(106)77-30-56(74)95)83-69(109)51(26-40-10-18-44(93)19-11-40)86-72(112)55(34-115-35-59(98)81-50(25-39-8-16-43(92)17-9-39)68(108)82-47(63(75)103)28-60(99)100)88-70(110)52(27-41-12-20-45(94)21-13-41)85-71(111)53(29-61(101)102)80-57(96)31-78-64(104)46-5-4-22-76-46/h6-21,36-37,46-55,62,76,90-94,114H,4-5,22-35H2,1-3H3,(H2,74,95)(H2,75,103)(H,77,106)(H,78,104)(H,79,105)(H,80,96)(H,81,98)(H,82,108)(H,83,109)(H,84,107)(H,85,111)(H,86,112)(H,87,113)(H,88,110)(H,89,97)(H,99,100)(H,101,102). The molecule has 40 nitrogen and oxygen atoms in total. The Morgan fingerprint density at radius 3 is 1.21 bits per heavy atom. The van der Waals surface area contributed by atoms with Crippen molar-refractivity contribution < 1.29 is 117 Å². The van der Waals surface area contributed by atoms with Crippen molar-refractivity contribution in [1.29, 1.82) is 0 Å². The number of benzene rings is 4. The first-order valence-electron chi connectivity index (χ1n) is 35.9. The van der Waals surface area contributed by atoms with Crippen LogP contribution in [-0.4, -0.2) is 252 Å². The first-order valence-corrected chi connectivity index (χ1v) is 37.7. The molecular formula is C73H96N16O24S2. The minimum atomic E-state index is -1.94. The highest BCUT2D eigenvalue weighted by atomic mass is 32.2. The maximum Gasteiger partial charge on any atom is 0.305 e. The number of nitrogens with two attached hydrogens (primary N) is 2. The van der Waals surface area contributed by atoms with E-state index in [1.54, 1.807) is 13.8 Å². The number of primary amides is 2. The van der Waals surface area contributed by atoms with E-state index in [9.17, 15) is 103 Å². The van der Waals surface area contributed by atoms with E-state index in [1.165, 1.54) is 97.1 Å². The van der Waals surface area contributed by atoms with Crippen LogP contribution in [0.1, 0.15) is 75.1 Å². The number of nitrogens with one attached hydrogen (secondary N) is 14. The number of carboxylic acids is 2. The van der Waals surface area contributed by atoms with Crippen LogP contribution in [0.15, 0.2) is 97.1 Å². The number of aliphatic hydroxyl groups is 1. The van der Waals surface area contributed by atoms with Gasteiger partial charge in [-0.25, -0.2) is 0 Å². The summed E-state index contributed by atoms with van der Waals surface area (Å²) in [7, 11) is 0. The fourth-order valence-electron chi connectivity index (χ4n) is 11.2. The summed E-state index contributed by atoms with van der Waals surface area (Å²) >= 11 is 4.66. The Morgan fingerprint density at radius 1 is 0.435 bits per heavy atom. The molecule has 25 N–H and O–H groups in total. The van der Waals surface area contributed by atoms with Gasteiger partial charge in [-0.1, -0.05) is 62.4 Å². The number of carbonyl (C=O) groups excluding carboxylic acids is 15. The minimum Gasteiger partial charge on any atom is -0.508 e. The van der Waals surface area contributed by atoms with E-state index in [-0.39, 0.29) is 59.1 Å². The lowest BCUT2D eigenvalue weighted by atomic mass is 9.99. The van der Waals surface area contributed by atoms with Gasteiger partial charge in [0.2, 0.25) is 88.6 Å². The van der Waals surface area contributed by atoms with E-state index in [0.717, 1.165) is 6.92 Å². The summed E-state index contributed by atoms with van der Waals surface area (Å²) in [5, 5.41) is 105. The monoisotopic (exact) mass is 1640 g/mol. The van der Waals surface area contributed by atoms with E-state index >= 15 is 14.4 Å². The van der Waals surface area contributed by atoms with E-state index in [4.69, 9.17) is 11.5 Å². The highest BCUT2D eigenvalue weighted by Crippen LogP contribution is 2.19. The number of carbonyl (C=O) groups is 17. The maximum atomic E-state index is 15.3. The van der Waals surface area contributed by atoms with Crippen molar-refractivity contribution >= 4 is 125 Å². The summed E-state index contributed by atoms with van der Waals surface area (Å²) in [5.41, 5.74) is 11.6. The molecule has 115 heavy (non-hydrogen) atoms. The molecule has 0 aromatic heterocycles. The molecule has 5 rings (SSSR count). The van der Waals surface area contributed by atoms with Crippen LogP contribution in [0.25, 0.3) is 0 Å². The molecule has 0 spiro atoms.